The molecule has 0 aliphatic rings. The maximum Gasteiger partial charge on any atom is 0.234 e. The average molecular weight is 489 g/mol. The molecule has 0 radical (unpaired) electrons. The van der Waals surface area contributed by atoms with Crippen LogP contribution in [0.1, 0.15) is 5.82 Å². The van der Waals surface area contributed by atoms with E-state index in [0.29, 0.717) is 17.4 Å². The first-order chi connectivity index (χ1) is 15.5. The Morgan fingerprint density at radius 2 is 2.03 bits per heavy atom. The Morgan fingerprint density at radius 1 is 1.22 bits per heavy atom. The molecule has 2 heterocycles. The van der Waals surface area contributed by atoms with Gasteiger partial charge in [-0.15, -0.1) is 21.5 Å². The Kier molecular flexibility index (Phi) is 7.03. The van der Waals surface area contributed by atoms with E-state index in [9.17, 15) is 9.18 Å². The summed E-state index contributed by atoms with van der Waals surface area (Å²) in [6.45, 7) is 0.450. The molecule has 7 nitrogen and oxygen atoms in total. The summed E-state index contributed by atoms with van der Waals surface area (Å²) in [5.74, 6) is 0.0565. The summed E-state index contributed by atoms with van der Waals surface area (Å²) in [4.78, 5) is 16.8. The Labute approximate surface area is 197 Å². The molecule has 2 N–H and O–H groups in total. The zero-order valence-electron chi connectivity index (χ0n) is 16.9. The molecule has 0 saturated carbocycles. The fourth-order valence-electron chi connectivity index (χ4n) is 2.78. The van der Waals surface area contributed by atoms with E-state index in [1.807, 2.05) is 47.3 Å². The van der Waals surface area contributed by atoms with Gasteiger partial charge in [0.15, 0.2) is 16.1 Å². The lowest BCUT2D eigenvalue weighted by Gasteiger charge is -2.06. The van der Waals surface area contributed by atoms with E-state index in [2.05, 4.69) is 25.8 Å². The van der Waals surface area contributed by atoms with Crippen molar-refractivity contribution in [3.05, 3.63) is 70.6 Å². The van der Waals surface area contributed by atoms with Crippen LogP contribution in [-0.2, 0) is 18.4 Å². The molecular formula is C21H18ClFN6OS2. The van der Waals surface area contributed by atoms with Crippen molar-refractivity contribution < 1.29 is 9.18 Å². The molecule has 0 aliphatic carbocycles. The number of rotatable bonds is 8. The first-order valence-electron chi connectivity index (χ1n) is 9.50. The van der Waals surface area contributed by atoms with Gasteiger partial charge >= 0.3 is 0 Å². The minimum Gasteiger partial charge on any atom is -0.354 e. The highest BCUT2D eigenvalue weighted by molar-refractivity contribution is 7.99. The third-order valence-electron chi connectivity index (χ3n) is 4.43. The van der Waals surface area contributed by atoms with Gasteiger partial charge in [0.25, 0.3) is 0 Å². The molecule has 0 atom stereocenters. The van der Waals surface area contributed by atoms with Crippen molar-refractivity contribution in [3.8, 4) is 11.3 Å². The smallest absolute Gasteiger partial charge is 0.234 e. The van der Waals surface area contributed by atoms with Crippen LogP contribution in [0.3, 0.4) is 0 Å². The zero-order chi connectivity index (χ0) is 22.5. The largest absolute Gasteiger partial charge is 0.354 e. The lowest BCUT2D eigenvalue weighted by atomic mass is 10.2. The number of benzene rings is 2. The quantitative estimate of drug-likeness (QED) is 0.337. The highest BCUT2D eigenvalue weighted by Gasteiger charge is 2.13. The molecule has 1 amide bonds. The van der Waals surface area contributed by atoms with Crippen molar-refractivity contribution >= 4 is 51.4 Å². The number of anilines is 2. The van der Waals surface area contributed by atoms with E-state index in [4.69, 9.17) is 11.6 Å². The number of amides is 1. The molecule has 0 saturated heterocycles. The second-order valence-corrected chi connectivity index (χ2v) is 8.89. The number of aromatic nitrogens is 4. The summed E-state index contributed by atoms with van der Waals surface area (Å²) < 4.78 is 15.1. The van der Waals surface area contributed by atoms with Crippen molar-refractivity contribution in [2.24, 2.45) is 7.05 Å². The van der Waals surface area contributed by atoms with Crippen molar-refractivity contribution in [2.75, 3.05) is 16.4 Å². The highest BCUT2D eigenvalue weighted by atomic mass is 35.5. The number of nitrogens with zero attached hydrogens (tertiary/aromatic N) is 4. The molecule has 0 bridgehead atoms. The molecule has 0 aliphatic heterocycles. The fraction of sp³-hybridized carbons (Fsp3) is 0.143. The van der Waals surface area contributed by atoms with E-state index < -0.39 is 5.82 Å². The van der Waals surface area contributed by atoms with Gasteiger partial charge in [-0.2, -0.15) is 0 Å². The number of hydrogen-bond acceptors (Lipinski definition) is 7. The summed E-state index contributed by atoms with van der Waals surface area (Å²) in [6.07, 6.45) is 0. The fourth-order valence-corrected chi connectivity index (χ4v) is 4.41. The maximum atomic E-state index is 13.2. The Hall–Kier alpha value is -2.95. The number of thiazole rings is 1. The summed E-state index contributed by atoms with van der Waals surface area (Å²) in [5, 5.41) is 17.7. The molecular weight excluding hydrogens is 471 g/mol. The number of hydrogen-bond donors (Lipinski definition) is 2. The maximum absolute atomic E-state index is 13.2. The normalized spacial score (nSPS) is 10.8. The van der Waals surface area contributed by atoms with Gasteiger partial charge in [0.1, 0.15) is 5.82 Å². The van der Waals surface area contributed by atoms with Crippen molar-refractivity contribution in [2.45, 2.75) is 11.7 Å². The first-order valence-corrected chi connectivity index (χ1v) is 11.7. The van der Waals surface area contributed by atoms with E-state index >= 15 is 0 Å². The second-order valence-electron chi connectivity index (χ2n) is 6.68. The number of nitrogens with one attached hydrogen (secondary N) is 2. The summed E-state index contributed by atoms with van der Waals surface area (Å²) >= 11 is 8.52. The lowest BCUT2D eigenvalue weighted by molar-refractivity contribution is -0.113. The van der Waals surface area contributed by atoms with Crippen LogP contribution in [0.2, 0.25) is 5.02 Å². The van der Waals surface area contributed by atoms with Crippen LogP contribution in [0, 0.1) is 5.82 Å². The van der Waals surface area contributed by atoms with Gasteiger partial charge < -0.3 is 15.2 Å². The Balaban J connectivity index is 1.30. The Bertz CT molecular complexity index is 1230. The summed E-state index contributed by atoms with van der Waals surface area (Å²) in [6, 6.07) is 14.0. The van der Waals surface area contributed by atoms with Crippen LogP contribution in [0.5, 0.6) is 0 Å². The average Bonchev–Trinajstić information content (AvgIpc) is 3.41. The number of halogens is 2. The van der Waals surface area contributed by atoms with Gasteiger partial charge in [0, 0.05) is 23.7 Å². The van der Waals surface area contributed by atoms with Crippen LogP contribution >= 0.6 is 34.7 Å². The van der Waals surface area contributed by atoms with Crippen LogP contribution in [-0.4, -0.2) is 31.4 Å². The molecule has 2 aromatic carbocycles. The van der Waals surface area contributed by atoms with Crippen molar-refractivity contribution in [1.29, 1.82) is 0 Å². The predicted octanol–water partition coefficient (Wildman–Crippen LogP) is 5.07. The van der Waals surface area contributed by atoms with Gasteiger partial charge in [0.2, 0.25) is 5.91 Å². The van der Waals surface area contributed by atoms with Gasteiger partial charge in [-0.05, 0) is 18.2 Å². The van der Waals surface area contributed by atoms with Crippen LogP contribution in [0.25, 0.3) is 11.3 Å². The van der Waals surface area contributed by atoms with Gasteiger partial charge in [-0.3, -0.25) is 4.79 Å². The van der Waals surface area contributed by atoms with Crippen LogP contribution in [0.4, 0.5) is 15.2 Å². The lowest BCUT2D eigenvalue weighted by Crippen LogP contribution is -2.14. The van der Waals surface area contributed by atoms with Gasteiger partial charge in [0.05, 0.1) is 23.0 Å². The molecule has 32 heavy (non-hydrogen) atoms. The molecule has 11 heteroatoms. The van der Waals surface area contributed by atoms with E-state index in [0.717, 1.165) is 22.2 Å². The van der Waals surface area contributed by atoms with Gasteiger partial charge in [-0.25, -0.2) is 9.37 Å². The standard InChI is InChI=1S/C21H18ClFN6OS2/c1-29-18(10-24-20-26-17(11-31-20)13-5-3-2-4-6-13)27-28-21(29)32-12-19(30)25-14-7-8-16(23)15(22)9-14/h2-9,11H,10,12H2,1H3,(H,24,26)(H,25,30). The number of carbonyl (C=O) groups is 1. The third kappa shape index (κ3) is 5.45. The number of carbonyl (C=O) groups excluding carboxylic acids is 1. The molecule has 0 fully saturated rings. The molecule has 4 rings (SSSR count). The minimum atomic E-state index is -0.534. The monoisotopic (exact) mass is 488 g/mol. The zero-order valence-corrected chi connectivity index (χ0v) is 19.3. The van der Waals surface area contributed by atoms with E-state index in [1.165, 1.54) is 41.3 Å². The second kappa shape index (κ2) is 10.1. The van der Waals surface area contributed by atoms with E-state index in [1.54, 1.807) is 0 Å². The summed E-state index contributed by atoms with van der Waals surface area (Å²) in [5.41, 5.74) is 2.42. The van der Waals surface area contributed by atoms with Crippen LogP contribution < -0.4 is 10.6 Å². The molecule has 0 spiro atoms. The summed E-state index contributed by atoms with van der Waals surface area (Å²) in [7, 11) is 1.84. The predicted molar refractivity (Wildman–Crippen MR) is 127 cm³/mol. The number of thioether (sulfide) groups is 1. The highest BCUT2D eigenvalue weighted by Crippen LogP contribution is 2.25. The first kappa shape index (κ1) is 22.3. The van der Waals surface area contributed by atoms with E-state index in [-0.39, 0.29) is 16.7 Å². The van der Waals surface area contributed by atoms with Crippen molar-refractivity contribution in [3.63, 3.8) is 0 Å². The molecule has 2 aromatic heterocycles. The van der Waals surface area contributed by atoms with Gasteiger partial charge in [-0.1, -0.05) is 53.7 Å². The molecule has 0 unspecified atom stereocenters. The SMILES string of the molecule is Cn1c(CNc2nc(-c3ccccc3)cs2)nnc1SCC(=O)Nc1ccc(F)c(Cl)c1. The third-order valence-corrected chi connectivity index (χ3v) is 6.54. The minimum absolute atomic E-state index is 0.0444. The Morgan fingerprint density at radius 3 is 2.81 bits per heavy atom. The molecule has 4 aromatic rings. The van der Waals surface area contributed by atoms with Crippen molar-refractivity contribution in [1.82, 2.24) is 19.7 Å². The molecule has 164 valence electrons. The van der Waals surface area contributed by atoms with Crippen LogP contribution in [0.15, 0.2) is 59.1 Å². The topological polar surface area (TPSA) is 84.7 Å².